The number of amides is 2. The van der Waals surface area contributed by atoms with Crippen LogP contribution in [0.15, 0.2) is 42.7 Å². The third-order valence-electron chi connectivity index (χ3n) is 4.41. The molecule has 1 atom stereocenters. The van der Waals surface area contributed by atoms with E-state index in [1.807, 2.05) is 53.0 Å². The van der Waals surface area contributed by atoms with E-state index >= 15 is 0 Å². The van der Waals surface area contributed by atoms with Crippen molar-refractivity contribution in [2.24, 2.45) is 7.05 Å². The molecule has 3 rings (SSSR count). The van der Waals surface area contributed by atoms with Crippen LogP contribution in [-0.2, 0) is 7.05 Å². The molecule has 1 N–H and O–H groups in total. The molecule has 0 bridgehead atoms. The van der Waals surface area contributed by atoms with Crippen molar-refractivity contribution in [3.63, 3.8) is 0 Å². The van der Waals surface area contributed by atoms with Gasteiger partial charge in [-0.05, 0) is 18.4 Å². The molecule has 1 aliphatic rings. The first-order chi connectivity index (χ1) is 11.3. The van der Waals surface area contributed by atoms with Gasteiger partial charge in [-0.2, -0.15) is 0 Å². The van der Waals surface area contributed by atoms with Gasteiger partial charge in [-0.15, -0.1) is 0 Å². The van der Waals surface area contributed by atoms with Crippen molar-refractivity contribution in [3.05, 3.63) is 54.1 Å². The van der Waals surface area contributed by atoms with E-state index in [1.54, 1.807) is 6.20 Å². The molecule has 1 fully saturated rings. The maximum Gasteiger partial charge on any atom is 0.318 e. The van der Waals surface area contributed by atoms with Crippen molar-refractivity contribution in [1.82, 2.24) is 19.8 Å². The number of hydrogen-bond donors (Lipinski definition) is 1. The number of aromatic nitrogens is 2. The van der Waals surface area contributed by atoms with Crippen molar-refractivity contribution < 1.29 is 4.79 Å². The Morgan fingerprint density at radius 3 is 2.43 bits per heavy atom. The van der Waals surface area contributed by atoms with Crippen molar-refractivity contribution in [2.45, 2.75) is 31.7 Å². The average Bonchev–Trinajstić information content (AvgIpc) is 2.84. The van der Waals surface area contributed by atoms with Crippen LogP contribution in [0.5, 0.6) is 0 Å². The van der Waals surface area contributed by atoms with Crippen LogP contribution in [0.2, 0.25) is 0 Å². The summed E-state index contributed by atoms with van der Waals surface area (Å²) in [7, 11) is 1.95. The SMILES string of the molecule is Cn1ccnc1C(NC(=O)N1CCCCCC1)c1ccccc1. The van der Waals surface area contributed by atoms with Crippen molar-refractivity contribution in [2.75, 3.05) is 13.1 Å². The van der Waals surface area contributed by atoms with Gasteiger partial charge in [0.25, 0.3) is 0 Å². The predicted octanol–water partition coefficient (Wildman–Crippen LogP) is 3.10. The molecule has 1 saturated heterocycles. The van der Waals surface area contributed by atoms with Crippen LogP contribution < -0.4 is 5.32 Å². The summed E-state index contributed by atoms with van der Waals surface area (Å²) in [4.78, 5) is 19.1. The molecule has 2 aromatic rings. The number of nitrogens with one attached hydrogen (secondary N) is 1. The molecule has 0 saturated carbocycles. The number of aryl methyl sites for hydroxylation is 1. The van der Waals surface area contributed by atoms with E-state index < -0.39 is 0 Å². The van der Waals surface area contributed by atoms with E-state index in [1.165, 1.54) is 12.8 Å². The van der Waals surface area contributed by atoms with Gasteiger partial charge in [0.15, 0.2) is 0 Å². The Labute approximate surface area is 137 Å². The first kappa shape index (κ1) is 15.6. The lowest BCUT2D eigenvalue weighted by Crippen LogP contribution is -2.43. The third-order valence-corrected chi connectivity index (χ3v) is 4.41. The summed E-state index contributed by atoms with van der Waals surface area (Å²) in [6.45, 7) is 1.68. The third kappa shape index (κ3) is 3.73. The van der Waals surface area contributed by atoms with Gasteiger partial charge in [-0.3, -0.25) is 0 Å². The predicted molar refractivity (Wildman–Crippen MR) is 90.1 cm³/mol. The smallest absolute Gasteiger partial charge is 0.318 e. The van der Waals surface area contributed by atoms with Gasteiger partial charge in [0.05, 0.1) is 0 Å². The van der Waals surface area contributed by atoms with Gasteiger partial charge in [-0.25, -0.2) is 9.78 Å². The molecule has 0 aliphatic carbocycles. The Hall–Kier alpha value is -2.30. The van der Waals surface area contributed by atoms with Crippen LogP contribution in [-0.4, -0.2) is 33.6 Å². The molecular weight excluding hydrogens is 288 g/mol. The second-order valence-corrected chi connectivity index (χ2v) is 6.09. The van der Waals surface area contributed by atoms with Gasteiger partial charge in [0.1, 0.15) is 11.9 Å². The normalized spacial score (nSPS) is 16.7. The second-order valence-electron chi connectivity index (χ2n) is 6.09. The summed E-state index contributed by atoms with van der Waals surface area (Å²) in [5.41, 5.74) is 1.05. The molecule has 1 aromatic carbocycles. The number of imidazole rings is 1. The summed E-state index contributed by atoms with van der Waals surface area (Å²) in [5.74, 6) is 0.847. The number of benzene rings is 1. The molecule has 1 aromatic heterocycles. The van der Waals surface area contributed by atoms with Crippen LogP contribution >= 0.6 is 0 Å². The van der Waals surface area contributed by atoms with Gasteiger partial charge < -0.3 is 14.8 Å². The lowest BCUT2D eigenvalue weighted by Gasteiger charge is -2.25. The number of hydrogen-bond acceptors (Lipinski definition) is 2. The first-order valence-corrected chi connectivity index (χ1v) is 8.33. The van der Waals surface area contributed by atoms with Crippen LogP contribution in [0.25, 0.3) is 0 Å². The monoisotopic (exact) mass is 312 g/mol. The van der Waals surface area contributed by atoms with Gasteiger partial charge in [0.2, 0.25) is 0 Å². The zero-order chi connectivity index (χ0) is 16.1. The number of likely N-dealkylation sites (tertiary alicyclic amines) is 1. The second kappa shape index (κ2) is 7.31. The number of urea groups is 1. The Kier molecular flexibility index (Phi) is 4.95. The molecule has 5 nitrogen and oxygen atoms in total. The molecule has 23 heavy (non-hydrogen) atoms. The van der Waals surface area contributed by atoms with Gasteiger partial charge >= 0.3 is 6.03 Å². The van der Waals surface area contributed by atoms with E-state index in [-0.39, 0.29) is 12.1 Å². The maximum atomic E-state index is 12.7. The van der Waals surface area contributed by atoms with E-state index in [0.717, 1.165) is 37.3 Å². The summed E-state index contributed by atoms with van der Waals surface area (Å²) in [6, 6.07) is 9.79. The highest BCUT2D eigenvalue weighted by Crippen LogP contribution is 2.21. The minimum absolute atomic E-state index is 0.00348. The van der Waals surface area contributed by atoms with Crippen LogP contribution in [0.1, 0.15) is 43.1 Å². The minimum atomic E-state index is -0.230. The highest BCUT2D eigenvalue weighted by molar-refractivity contribution is 5.75. The highest BCUT2D eigenvalue weighted by atomic mass is 16.2. The van der Waals surface area contributed by atoms with Crippen molar-refractivity contribution in [1.29, 1.82) is 0 Å². The molecular formula is C18H24N4O. The van der Waals surface area contributed by atoms with Crippen LogP contribution in [0, 0.1) is 0 Å². The maximum absolute atomic E-state index is 12.7. The molecule has 5 heteroatoms. The number of carbonyl (C=O) groups is 1. The lowest BCUT2D eigenvalue weighted by atomic mass is 10.1. The van der Waals surface area contributed by atoms with E-state index in [0.29, 0.717) is 0 Å². The van der Waals surface area contributed by atoms with Crippen molar-refractivity contribution in [3.8, 4) is 0 Å². The summed E-state index contributed by atoms with van der Waals surface area (Å²) in [5, 5.41) is 3.18. The molecule has 1 unspecified atom stereocenters. The minimum Gasteiger partial charge on any atom is -0.336 e. The van der Waals surface area contributed by atoms with Crippen molar-refractivity contribution >= 4 is 6.03 Å². The van der Waals surface area contributed by atoms with E-state index in [9.17, 15) is 4.79 Å². The van der Waals surface area contributed by atoms with Gasteiger partial charge in [0, 0.05) is 32.5 Å². The standard InChI is InChI=1S/C18H24N4O/c1-21-14-11-19-17(21)16(15-9-5-4-6-10-15)20-18(23)22-12-7-2-3-8-13-22/h4-6,9-11,14,16H,2-3,7-8,12-13H2,1H3,(H,20,23). The van der Waals surface area contributed by atoms with Crippen LogP contribution in [0.4, 0.5) is 4.79 Å². The highest BCUT2D eigenvalue weighted by Gasteiger charge is 2.23. The van der Waals surface area contributed by atoms with Crippen LogP contribution in [0.3, 0.4) is 0 Å². The van der Waals surface area contributed by atoms with E-state index in [4.69, 9.17) is 0 Å². The molecule has 2 heterocycles. The molecule has 0 spiro atoms. The summed E-state index contributed by atoms with van der Waals surface area (Å²) >= 11 is 0. The first-order valence-electron chi connectivity index (χ1n) is 8.33. The molecule has 122 valence electrons. The Morgan fingerprint density at radius 1 is 1.13 bits per heavy atom. The average molecular weight is 312 g/mol. The zero-order valence-corrected chi connectivity index (χ0v) is 13.6. The Bertz CT molecular complexity index is 629. The summed E-state index contributed by atoms with van der Waals surface area (Å²) < 4.78 is 1.96. The molecule has 1 aliphatic heterocycles. The number of rotatable bonds is 3. The fraction of sp³-hybridized carbons (Fsp3) is 0.444. The number of nitrogens with zero attached hydrogens (tertiary/aromatic N) is 3. The molecule has 2 amide bonds. The Morgan fingerprint density at radius 2 is 1.83 bits per heavy atom. The topological polar surface area (TPSA) is 50.2 Å². The number of carbonyl (C=O) groups excluding carboxylic acids is 1. The largest absolute Gasteiger partial charge is 0.336 e. The lowest BCUT2D eigenvalue weighted by molar-refractivity contribution is 0.197. The Balaban J connectivity index is 1.81. The zero-order valence-electron chi connectivity index (χ0n) is 13.6. The summed E-state index contributed by atoms with van der Waals surface area (Å²) in [6.07, 6.45) is 8.28. The quantitative estimate of drug-likeness (QED) is 0.947. The fourth-order valence-electron chi connectivity index (χ4n) is 3.09. The van der Waals surface area contributed by atoms with Gasteiger partial charge in [-0.1, -0.05) is 43.2 Å². The fourth-order valence-corrected chi connectivity index (χ4v) is 3.09. The van der Waals surface area contributed by atoms with E-state index in [2.05, 4.69) is 10.3 Å². The molecule has 0 radical (unpaired) electrons.